The first-order valence-electron chi connectivity index (χ1n) is 9.44. The molecule has 0 spiro atoms. The lowest BCUT2D eigenvalue weighted by Gasteiger charge is -2.18. The molecule has 30 heavy (non-hydrogen) atoms. The van der Waals surface area contributed by atoms with Gasteiger partial charge in [0.2, 0.25) is 0 Å². The Bertz CT molecular complexity index is 1170. The molecular weight excluding hydrogens is 428 g/mol. The molecule has 1 aliphatic heterocycles. The number of thiazole rings is 1. The highest BCUT2D eigenvalue weighted by Crippen LogP contribution is 2.35. The quantitative estimate of drug-likeness (QED) is 0.561. The van der Waals surface area contributed by atoms with E-state index >= 15 is 0 Å². The fraction of sp³-hybridized carbons (Fsp3) is 0.286. The number of aromatic nitrogens is 1. The van der Waals surface area contributed by atoms with Gasteiger partial charge in [-0.05, 0) is 24.6 Å². The van der Waals surface area contributed by atoms with Crippen LogP contribution < -0.4 is 14.3 Å². The maximum Gasteiger partial charge on any atom is 0.326 e. The van der Waals surface area contributed by atoms with Gasteiger partial charge in [0.1, 0.15) is 19.8 Å². The molecule has 156 valence electrons. The topological polar surface area (TPSA) is 79.1 Å². The van der Waals surface area contributed by atoms with Gasteiger partial charge in [0, 0.05) is 17.2 Å². The SMILES string of the molecule is CCOC(=O)Cn1c(=NC(=O)Cc2ccc(Cl)cc2)sc2cc3c(cc21)OCCO3. The Hall–Kier alpha value is -2.84. The first-order valence-corrected chi connectivity index (χ1v) is 10.6. The Labute approximate surface area is 181 Å². The van der Waals surface area contributed by atoms with Gasteiger partial charge in [-0.3, -0.25) is 9.59 Å². The van der Waals surface area contributed by atoms with Gasteiger partial charge in [-0.15, -0.1) is 0 Å². The van der Waals surface area contributed by atoms with Crippen LogP contribution in [0.25, 0.3) is 10.2 Å². The Morgan fingerprint density at radius 1 is 1.17 bits per heavy atom. The maximum absolute atomic E-state index is 12.6. The molecule has 2 aromatic carbocycles. The normalized spacial score (nSPS) is 13.5. The van der Waals surface area contributed by atoms with Gasteiger partial charge in [0.25, 0.3) is 5.91 Å². The summed E-state index contributed by atoms with van der Waals surface area (Å²) in [5, 5.41) is 0.605. The second-order valence-corrected chi connectivity index (χ2v) is 7.99. The molecule has 0 fully saturated rings. The molecule has 9 heteroatoms. The van der Waals surface area contributed by atoms with Crippen molar-refractivity contribution in [2.45, 2.75) is 19.9 Å². The van der Waals surface area contributed by atoms with Crippen molar-refractivity contribution in [2.24, 2.45) is 4.99 Å². The van der Waals surface area contributed by atoms with E-state index < -0.39 is 5.97 Å². The van der Waals surface area contributed by atoms with E-state index in [1.165, 1.54) is 11.3 Å². The number of hydrogen-bond acceptors (Lipinski definition) is 6. The summed E-state index contributed by atoms with van der Waals surface area (Å²) in [5.74, 6) is 0.512. The highest BCUT2D eigenvalue weighted by molar-refractivity contribution is 7.16. The largest absolute Gasteiger partial charge is 0.486 e. The standard InChI is InChI=1S/C21H19ClN2O5S/c1-2-27-20(26)12-24-15-10-16-17(29-8-7-28-16)11-18(15)30-21(24)23-19(25)9-13-3-5-14(22)6-4-13/h3-6,10-11H,2,7-9,12H2,1H3. The summed E-state index contributed by atoms with van der Waals surface area (Å²) in [6.45, 7) is 2.90. The molecule has 3 aromatic rings. The zero-order valence-corrected chi connectivity index (χ0v) is 17.8. The number of amides is 1. The first kappa shape index (κ1) is 20.4. The van der Waals surface area contributed by atoms with Crippen LogP contribution in [0.1, 0.15) is 12.5 Å². The van der Waals surface area contributed by atoms with Crippen molar-refractivity contribution in [3.8, 4) is 11.5 Å². The molecule has 0 bridgehead atoms. The van der Waals surface area contributed by atoms with Crippen LogP contribution >= 0.6 is 22.9 Å². The van der Waals surface area contributed by atoms with E-state index in [2.05, 4.69) is 4.99 Å². The smallest absolute Gasteiger partial charge is 0.326 e. The summed E-state index contributed by atoms with van der Waals surface area (Å²) >= 11 is 7.21. The van der Waals surface area contributed by atoms with Crippen molar-refractivity contribution in [3.05, 3.63) is 51.8 Å². The minimum Gasteiger partial charge on any atom is -0.486 e. The summed E-state index contributed by atoms with van der Waals surface area (Å²) in [7, 11) is 0. The van der Waals surface area contributed by atoms with Crippen molar-refractivity contribution in [1.82, 2.24) is 4.57 Å². The average Bonchev–Trinajstić information content (AvgIpc) is 3.04. The fourth-order valence-electron chi connectivity index (χ4n) is 3.10. The van der Waals surface area contributed by atoms with E-state index in [4.69, 9.17) is 25.8 Å². The summed E-state index contributed by atoms with van der Waals surface area (Å²) < 4.78 is 18.9. The molecule has 0 saturated carbocycles. The van der Waals surface area contributed by atoms with E-state index in [0.717, 1.165) is 15.8 Å². The van der Waals surface area contributed by atoms with Gasteiger partial charge in [0.15, 0.2) is 16.3 Å². The molecule has 0 aliphatic carbocycles. The molecule has 0 saturated heterocycles. The van der Waals surface area contributed by atoms with E-state index in [1.807, 2.05) is 12.1 Å². The fourth-order valence-corrected chi connectivity index (χ4v) is 4.29. The summed E-state index contributed by atoms with van der Waals surface area (Å²) in [6, 6.07) is 10.7. The summed E-state index contributed by atoms with van der Waals surface area (Å²) in [4.78, 5) is 29.5. The number of ether oxygens (including phenoxy) is 3. The molecule has 0 radical (unpaired) electrons. The van der Waals surface area contributed by atoms with Crippen LogP contribution in [0.5, 0.6) is 11.5 Å². The third-order valence-electron chi connectivity index (χ3n) is 4.43. The number of rotatable bonds is 5. The van der Waals surface area contributed by atoms with Gasteiger partial charge in [0.05, 0.1) is 23.2 Å². The van der Waals surface area contributed by atoms with Crippen molar-refractivity contribution in [2.75, 3.05) is 19.8 Å². The molecule has 1 amide bonds. The Kier molecular flexibility index (Phi) is 6.06. The number of benzene rings is 2. The lowest BCUT2D eigenvalue weighted by Crippen LogP contribution is -2.23. The predicted molar refractivity (Wildman–Crippen MR) is 113 cm³/mol. The highest BCUT2D eigenvalue weighted by atomic mass is 35.5. The molecule has 4 rings (SSSR count). The van der Waals surface area contributed by atoms with Crippen LogP contribution in [-0.4, -0.2) is 36.3 Å². The first-order chi connectivity index (χ1) is 14.5. The number of carbonyl (C=O) groups excluding carboxylic acids is 2. The molecule has 0 N–H and O–H groups in total. The minimum absolute atomic E-state index is 0.0550. The van der Waals surface area contributed by atoms with Crippen molar-refractivity contribution in [1.29, 1.82) is 0 Å². The monoisotopic (exact) mass is 446 g/mol. The lowest BCUT2D eigenvalue weighted by atomic mass is 10.1. The van der Waals surface area contributed by atoms with Gasteiger partial charge in [-0.1, -0.05) is 35.1 Å². The molecule has 7 nitrogen and oxygen atoms in total. The van der Waals surface area contributed by atoms with Gasteiger partial charge >= 0.3 is 5.97 Å². The Balaban J connectivity index is 1.74. The van der Waals surface area contributed by atoms with Gasteiger partial charge in [-0.25, -0.2) is 0 Å². The summed E-state index contributed by atoms with van der Waals surface area (Å²) in [6.07, 6.45) is 0.132. The minimum atomic E-state index is -0.404. The van der Waals surface area contributed by atoms with Crippen molar-refractivity contribution >= 4 is 45.0 Å². The van der Waals surface area contributed by atoms with Gasteiger partial charge in [-0.2, -0.15) is 4.99 Å². The average molecular weight is 447 g/mol. The van der Waals surface area contributed by atoms with Crippen molar-refractivity contribution < 1.29 is 23.8 Å². The van der Waals surface area contributed by atoms with Crippen molar-refractivity contribution in [3.63, 3.8) is 0 Å². The Morgan fingerprint density at radius 2 is 1.87 bits per heavy atom. The Morgan fingerprint density at radius 3 is 2.57 bits per heavy atom. The van der Waals surface area contributed by atoms with E-state index in [1.54, 1.807) is 35.8 Å². The number of halogens is 1. The third kappa shape index (κ3) is 4.49. The van der Waals surface area contributed by atoms with Crippen LogP contribution in [0.3, 0.4) is 0 Å². The molecule has 0 unspecified atom stereocenters. The predicted octanol–water partition coefficient (Wildman–Crippen LogP) is 3.36. The van der Waals surface area contributed by atoms with Crippen LogP contribution in [-0.2, 0) is 27.3 Å². The molecule has 2 heterocycles. The molecule has 1 aromatic heterocycles. The van der Waals surface area contributed by atoms with Crippen LogP contribution in [0.4, 0.5) is 0 Å². The highest BCUT2D eigenvalue weighted by Gasteiger charge is 2.18. The van der Waals surface area contributed by atoms with E-state index in [9.17, 15) is 9.59 Å². The lowest BCUT2D eigenvalue weighted by molar-refractivity contribution is -0.143. The van der Waals surface area contributed by atoms with Crippen LogP contribution in [0.15, 0.2) is 41.4 Å². The number of carbonyl (C=O) groups is 2. The molecular formula is C21H19ClN2O5S. The van der Waals surface area contributed by atoms with E-state index in [0.29, 0.717) is 34.5 Å². The summed E-state index contributed by atoms with van der Waals surface area (Å²) in [5.41, 5.74) is 1.54. The number of esters is 1. The maximum atomic E-state index is 12.6. The zero-order valence-electron chi connectivity index (χ0n) is 16.2. The number of hydrogen-bond donors (Lipinski definition) is 0. The molecule has 0 atom stereocenters. The molecule has 1 aliphatic rings. The van der Waals surface area contributed by atoms with E-state index in [-0.39, 0.29) is 25.5 Å². The number of nitrogens with zero attached hydrogens (tertiary/aromatic N) is 2. The van der Waals surface area contributed by atoms with Gasteiger partial charge < -0.3 is 18.8 Å². The van der Waals surface area contributed by atoms with Crippen LogP contribution in [0, 0.1) is 0 Å². The second-order valence-electron chi connectivity index (χ2n) is 6.55. The second kappa shape index (κ2) is 8.89. The zero-order chi connectivity index (χ0) is 21.1. The van der Waals surface area contributed by atoms with Crippen LogP contribution in [0.2, 0.25) is 5.02 Å². The number of fused-ring (bicyclic) bond motifs is 2. The third-order valence-corrected chi connectivity index (χ3v) is 5.72.